The molecule has 7 heteroatoms. The Hall–Kier alpha value is -2.28. The zero-order chi connectivity index (χ0) is 17.0. The molecule has 0 bridgehead atoms. The van der Waals surface area contributed by atoms with E-state index in [1.54, 1.807) is 42.5 Å². The fraction of sp³-hybridized carbons (Fsp3) is 0.118. The Morgan fingerprint density at radius 3 is 2.71 bits per heavy atom. The minimum absolute atomic E-state index is 0.0443. The number of thiophene rings is 1. The van der Waals surface area contributed by atoms with Gasteiger partial charge in [-0.1, -0.05) is 29.8 Å². The van der Waals surface area contributed by atoms with Crippen molar-refractivity contribution >= 4 is 34.7 Å². The van der Waals surface area contributed by atoms with E-state index in [4.69, 9.17) is 16.0 Å². The number of hydrogen-bond donors (Lipinski definition) is 3. The van der Waals surface area contributed by atoms with Crippen molar-refractivity contribution in [2.75, 3.05) is 11.9 Å². The first-order valence-electron chi connectivity index (χ1n) is 7.19. The van der Waals surface area contributed by atoms with Crippen LogP contribution < -0.4 is 10.6 Å². The van der Waals surface area contributed by atoms with Gasteiger partial charge < -0.3 is 20.2 Å². The number of amides is 2. The topological polar surface area (TPSA) is 74.5 Å². The van der Waals surface area contributed by atoms with Gasteiger partial charge in [0.2, 0.25) is 0 Å². The number of carbonyl (C=O) groups is 1. The van der Waals surface area contributed by atoms with Crippen LogP contribution in [0.1, 0.15) is 10.6 Å². The van der Waals surface area contributed by atoms with E-state index < -0.39 is 11.6 Å². The summed E-state index contributed by atoms with van der Waals surface area (Å²) in [6.45, 7) is -0.0443. The molecule has 2 heterocycles. The predicted octanol–water partition coefficient (Wildman–Crippen LogP) is 4.05. The third kappa shape index (κ3) is 3.46. The molecule has 0 aliphatic carbocycles. The van der Waals surface area contributed by atoms with E-state index in [1.165, 1.54) is 17.6 Å². The number of hydrogen-bond acceptors (Lipinski definition) is 4. The van der Waals surface area contributed by atoms with Crippen LogP contribution in [0.2, 0.25) is 5.02 Å². The Balaban J connectivity index is 1.73. The van der Waals surface area contributed by atoms with E-state index in [0.717, 1.165) is 0 Å². The number of furan rings is 1. The van der Waals surface area contributed by atoms with Crippen molar-refractivity contribution in [3.63, 3.8) is 0 Å². The lowest BCUT2D eigenvalue weighted by Crippen LogP contribution is -2.42. The molecule has 124 valence electrons. The second-order valence-corrected chi connectivity index (χ2v) is 6.46. The zero-order valence-electron chi connectivity index (χ0n) is 12.5. The van der Waals surface area contributed by atoms with Gasteiger partial charge in [0.25, 0.3) is 0 Å². The number of nitrogens with one attached hydrogen (secondary N) is 2. The van der Waals surface area contributed by atoms with Gasteiger partial charge in [-0.25, -0.2) is 4.79 Å². The predicted molar refractivity (Wildman–Crippen MR) is 94.5 cm³/mol. The van der Waals surface area contributed by atoms with Crippen molar-refractivity contribution in [2.24, 2.45) is 0 Å². The molecule has 0 spiro atoms. The van der Waals surface area contributed by atoms with Crippen molar-refractivity contribution in [3.8, 4) is 0 Å². The lowest BCUT2D eigenvalue weighted by atomic mass is 9.99. The summed E-state index contributed by atoms with van der Waals surface area (Å²) in [7, 11) is 0. The van der Waals surface area contributed by atoms with Crippen molar-refractivity contribution in [1.29, 1.82) is 0 Å². The molecule has 1 atom stereocenters. The van der Waals surface area contributed by atoms with Crippen LogP contribution in [0, 0.1) is 0 Å². The van der Waals surface area contributed by atoms with Gasteiger partial charge in [-0.05, 0) is 35.7 Å². The van der Waals surface area contributed by atoms with Crippen LogP contribution >= 0.6 is 22.9 Å². The highest BCUT2D eigenvalue weighted by Gasteiger charge is 2.36. The summed E-state index contributed by atoms with van der Waals surface area (Å²) >= 11 is 7.40. The number of anilines is 1. The van der Waals surface area contributed by atoms with Crippen molar-refractivity contribution in [2.45, 2.75) is 5.60 Å². The minimum atomic E-state index is -1.44. The largest absolute Gasteiger partial charge is 0.466 e. The molecule has 3 N–H and O–H groups in total. The Labute approximate surface area is 147 Å². The molecule has 1 unspecified atom stereocenters. The maximum atomic E-state index is 12.1. The number of carbonyl (C=O) groups excluding carboxylic acids is 1. The summed E-state index contributed by atoms with van der Waals surface area (Å²) in [5, 5.41) is 18.7. The molecule has 3 rings (SSSR count). The highest BCUT2D eigenvalue weighted by atomic mass is 35.5. The summed E-state index contributed by atoms with van der Waals surface area (Å²) in [6.07, 6.45) is 1.48. The maximum Gasteiger partial charge on any atom is 0.319 e. The molecule has 0 fully saturated rings. The molecule has 0 radical (unpaired) electrons. The number of halogens is 1. The van der Waals surface area contributed by atoms with Gasteiger partial charge in [0.05, 0.1) is 23.5 Å². The Bertz CT molecular complexity index is 769. The fourth-order valence-corrected chi connectivity index (χ4v) is 3.27. The van der Waals surface area contributed by atoms with Crippen molar-refractivity contribution in [3.05, 3.63) is 75.8 Å². The Morgan fingerprint density at radius 1 is 1.21 bits per heavy atom. The van der Waals surface area contributed by atoms with Gasteiger partial charge in [-0.15, -0.1) is 11.3 Å². The van der Waals surface area contributed by atoms with E-state index in [9.17, 15) is 9.90 Å². The fourth-order valence-electron chi connectivity index (χ4n) is 2.26. The molecule has 1 aromatic carbocycles. The molecule has 2 aromatic heterocycles. The van der Waals surface area contributed by atoms with Gasteiger partial charge in [0.15, 0.2) is 5.60 Å². The van der Waals surface area contributed by atoms with Gasteiger partial charge in [-0.3, -0.25) is 0 Å². The van der Waals surface area contributed by atoms with E-state index in [1.807, 2.05) is 11.4 Å². The Morgan fingerprint density at radius 2 is 2.04 bits per heavy atom. The van der Waals surface area contributed by atoms with Crippen LogP contribution in [0.15, 0.2) is 64.6 Å². The summed E-state index contributed by atoms with van der Waals surface area (Å²) in [5.41, 5.74) is -0.940. The standard InChI is InChI=1S/C17H15ClN2O3S/c18-12-5-1-2-6-13(12)20-16(21)19-11-17(22,14-7-3-9-23-14)15-8-4-10-24-15/h1-10,22H,11H2,(H2,19,20,21). The number of aliphatic hydroxyl groups is 1. The van der Waals surface area contributed by atoms with Gasteiger partial charge in [0, 0.05) is 4.88 Å². The maximum absolute atomic E-state index is 12.1. The molecule has 5 nitrogen and oxygen atoms in total. The molecule has 3 aromatic rings. The summed E-state index contributed by atoms with van der Waals surface area (Å²) < 4.78 is 5.36. The van der Waals surface area contributed by atoms with Crippen molar-refractivity contribution in [1.82, 2.24) is 5.32 Å². The van der Waals surface area contributed by atoms with E-state index in [2.05, 4.69) is 10.6 Å². The lowest BCUT2D eigenvalue weighted by molar-refractivity contribution is 0.0628. The third-order valence-electron chi connectivity index (χ3n) is 3.48. The summed E-state index contributed by atoms with van der Waals surface area (Å²) in [6, 6.07) is 13.4. The second-order valence-electron chi connectivity index (χ2n) is 5.10. The first-order chi connectivity index (χ1) is 11.6. The highest BCUT2D eigenvalue weighted by molar-refractivity contribution is 7.10. The smallest absolute Gasteiger partial charge is 0.319 e. The first kappa shape index (κ1) is 16.6. The molecule has 2 amide bonds. The lowest BCUT2D eigenvalue weighted by Gasteiger charge is -2.25. The van der Waals surface area contributed by atoms with Crippen LogP contribution in [-0.2, 0) is 5.60 Å². The van der Waals surface area contributed by atoms with Gasteiger partial charge in [-0.2, -0.15) is 0 Å². The molecular weight excluding hydrogens is 348 g/mol. The van der Waals surface area contributed by atoms with Crippen LogP contribution in [-0.4, -0.2) is 17.7 Å². The third-order valence-corrected chi connectivity index (χ3v) is 4.83. The molecule has 0 saturated carbocycles. The van der Waals surface area contributed by atoms with Crippen LogP contribution in [0.5, 0.6) is 0 Å². The van der Waals surface area contributed by atoms with Gasteiger partial charge >= 0.3 is 6.03 Å². The minimum Gasteiger partial charge on any atom is -0.466 e. The molecular formula is C17H15ClN2O3S. The number of para-hydroxylation sites is 1. The quantitative estimate of drug-likeness (QED) is 0.641. The van der Waals surface area contributed by atoms with E-state index in [-0.39, 0.29) is 6.54 Å². The second kappa shape index (κ2) is 7.09. The first-order valence-corrected chi connectivity index (χ1v) is 8.45. The molecule has 0 aliphatic heterocycles. The van der Waals surface area contributed by atoms with Gasteiger partial charge in [0.1, 0.15) is 5.76 Å². The van der Waals surface area contributed by atoms with Crippen molar-refractivity contribution < 1.29 is 14.3 Å². The summed E-state index contributed by atoms with van der Waals surface area (Å²) in [4.78, 5) is 12.8. The highest BCUT2D eigenvalue weighted by Crippen LogP contribution is 2.32. The molecule has 0 aliphatic rings. The number of urea groups is 1. The zero-order valence-corrected chi connectivity index (χ0v) is 14.1. The SMILES string of the molecule is O=C(NCC(O)(c1ccco1)c1cccs1)Nc1ccccc1Cl. The average molecular weight is 363 g/mol. The van der Waals surface area contributed by atoms with E-state index >= 15 is 0 Å². The number of rotatable bonds is 5. The number of benzene rings is 1. The summed E-state index contributed by atoms with van der Waals surface area (Å²) in [5.74, 6) is 0.364. The molecule has 24 heavy (non-hydrogen) atoms. The molecule has 0 saturated heterocycles. The monoisotopic (exact) mass is 362 g/mol. The van der Waals surface area contributed by atoms with Crippen LogP contribution in [0.4, 0.5) is 10.5 Å². The average Bonchev–Trinajstić information content (AvgIpc) is 3.28. The van der Waals surface area contributed by atoms with Crippen LogP contribution in [0.3, 0.4) is 0 Å². The Kier molecular flexibility index (Phi) is 4.89. The van der Waals surface area contributed by atoms with Crippen LogP contribution in [0.25, 0.3) is 0 Å². The van der Waals surface area contributed by atoms with E-state index in [0.29, 0.717) is 21.3 Å². The normalized spacial score (nSPS) is 13.2.